The SMILES string of the molecule is CNC(C)(Cc1ccccc1)C(=O)CNC(C)(CC(C)C)C(C)=O. The highest BCUT2D eigenvalue weighted by Crippen LogP contribution is 2.19. The largest absolute Gasteiger partial charge is 0.308 e. The van der Waals surface area contributed by atoms with Crippen molar-refractivity contribution < 1.29 is 9.59 Å². The molecule has 0 saturated carbocycles. The van der Waals surface area contributed by atoms with Crippen LogP contribution in [0.3, 0.4) is 0 Å². The molecule has 0 bridgehead atoms. The number of benzene rings is 1. The standard InChI is InChI=1S/C20H32N2O2/c1-15(2)12-19(4,16(3)23)22-14-18(24)20(5,21-6)13-17-10-8-7-9-11-17/h7-11,15,21-22H,12-14H2,1-6H3. The highest BCUT2D eigenvalue weighted by molar-refractivity contribution is 5.91. The molecule has 24 heavy (non-hydrogen) atoms. The van der Waals surface area contributed by atoms with Crippen LogP contribution in [-0.2, 0) is 16.0 Å². The van der Waals surface area contributed by atoms with E-state index in [0.29, 0.717) is 18.8 Å². The van der Waals surface area contributed by atoms with E-state index in [-0.39, 0.29) is 18.1 Å². The zero-order chi connectivity index (χ0) is 18.4. The summed E-state index contributed by atoms with van der Waals surface area (Å²) in [7, 11) is 1.80. The van der Waals surface area contributed by atoms with Gasteiger partial charge in [0, 0.05) is 0 Å². The van der Waals surface area contributed by atoms with E-state index in [1.807, 2.05) is 44.2 Å². The van der Waals surface area contributed by atoms with Gasteiger partial charge in [0.2, 0.25) is 0 Å². The Morgan fingerprint density at radius 1 is 1.08 bits per heavy atom. The van der Waals surface area contributed by atoms with E-state index >= 15 is 0 Å². The maximum Gasteiger partial charge on any atom is 0.166 e. The van der Waals surface area contributed by atoms with Crippen molar-refractivity contribution in [3.8, 4) is 0 Å². The van der Waals surface area contributed by atoms with Crippen LogP contribution < -0.4 is 10.6 Å². The first-order valence-corrected chi connectivity index (χ1v) is 8.65. The van der Waals surface area contributed by atoms with Gasteiger partial charge in [-0.1, -0.05) is 44.2 Å². The molecule has 0 heterocycles. The lowest BCUT2D eigenvalue weighted by molar-refractivity contribution is -0.126. The molecule has 1 aromatic carbocycles. The molecule has 0 aliphatic rings. The summed E-state index contributed by atoms with van der Waals surface area (Å²) in [5.41, 5.74) is -0.214. The number of Topliss-reactive ketones (excluding diaryl/α,β-unsaturated/α-hetero) is 2. The van der Waals surface area contributed by atoms with E-state index < -0.39 is 11.1 Å². The summed E-state index contributed by atoms with van der Waals surface area (Å²) in [6, 6.07) is 9.96. The molecule has 0 amide bonds. The van der Waals surface area contributed by atoms with Gasteiger partial charge in [-0.3, -0.25) is 14.9 Å². The van der Waals surface area contributed by atoms with Gasteiger partial charge in [-0.2, -0.15) is 0 Å². The molecular weight excluding hydrogens is 300 g/mol. The van der Waals surface area contributed by atoms with E-state index in [1.54, 1.807) is 14.0 Å². The average Bonchev–Trinajstić information content (AvgIpc) is 2.52. The van der Waals surface area contributed by atoms with Crippen LogP contribution in [-0.4, -0.2) is 36.2 Å². The normalized spacial score (nSPS) is 16.5. The maximum absolute atomic E-state index is 12.8. The highest BCUT2D eigenvalue weighted by atomic mass is 16.1. The Morgan fingerprint density at radius 3 is 2.12 bits per heavy atom. The maximum atomic E-state index is 12.8. The third-order valence-corrected chi connectivity index (χ3v) is 4.80. The molecule has 1 aromatic rings. The lowest BCUT2D eigenvalue weighted by Gasteiger charge is -2.33. The molecule has 0 fully saturated rings. The molecule has 0 radical (unpaired) electrons. The quantitative estimate of drug-likeness (QED) is 0.692. The summed E-state index contributed by atoms with van der Waals surface area (Å²) in [6.45, 7) is 9.72. The fraction of sp³-hybridized carbons (Fsp3) is 0.600. The number of rotatable bonds is 10. The van der Waals surface area contributed by atoms with Gasteiger partial charge in [-0.15, -0.1) is 0 Å². The van der Waals surface area contributed by atoms with Crippen LogP contribution in [0.5, 0.6) is 0 Å². The van der Waals surface area contributed by atoms with Gasteiger partial charge in [0.15, 0.2) is 5.78 Å². The van der Waals surface area contributed by atoms with Gasteiger partial charge < -0.3 is 5.32 Å². The summed E-state index contributed by atoms with van der Waals surface area (Å²) in [6.07, 6.45) is 1.33. The Bertz CT molecular complexity index is 556. The Hall–Kier alpha value is -1.52. The molecule has 0 aliphatic carbocycles. The Morgan fingerprint density at radius 2 is 1.67 bits per heavy atom. The molecular formula is C20H32N2O2. The van der Waals surface area contributed by atoms with E-state index in [2.05, 4.69) is 24.5 Å². The Labute approximate surface area is 146 Å². The fourth-order valence-corrected chi connectivity index (χ4v) is 2.96. The molecule has 0 aromatic heterocycles. The highest BCUT2D eigenvalue weighted by Gasteiger charge is 2.35. The summed E-state index contributed by atoms with van der Waals surface area (Å²) in [5, 5.41) is 6.37. The third-order valence-electron chi connectivity index (χ3n) is 4.80. The van der Waals surface area contributed by atoms with E-state index in [4.69, 9.17) is 0 Å². The number of ketones is 2. The molecule has 2 atom stereocenters. The minimum absolute atomic E-state index is 0.0603. The van der Waals surface area contributed by atoms with Crippen molar-refractivity contribution in [3.63, 3.8) is 0 Å². The fourth-order valence-electron chi connectivity index (χ4n) is 2.96. The molecule has 0 spiro atoms. The zero-order valence-corrected chi connectivity index (χ0v) is 15.9. The van der Waals surface area contributed by atoms with Gasteiger partial charge in [0.05, 0.1) is 17.6 Å². The van der Waals surface area contributed by atoms with E-state index in [9.17, 15) is 9.59 Å². The monoisotopic (exact) mass is 332 g/mol. The van der Waals surface area contributed by atoms with Gasteiger partial charge >= 0.3 is 0 Å². The first-order valence-electron chi connectivity index (χ1n) is 8.65. The number of likely N-dealkylation sites (N-methyl/N-ethyl adjacent to an activating group) is 1. The van der Waals surface area contributed by atoms with Crippen LogP contribution in [0.25, 0.3) is 0 Å². The molecule has 0 aliphatic heterocycles. The first kappa shape index (κ1) is 20.5. The van der Waals surface area contributed by atoms with Crippen LogP contribution in [0.4, 0.5) is 0 Å². The minimum Gasteiger partial charge on any atom is -0.308 e. The number of carbonyl (C=O) groups is 2. The van der Waals surface area contributed by atoms with Gasteiger partial charge in [0.25, 0.3) is 0 Å². The average molecular weight is 332 g/mol. The second kappa shape index (κ2) is 8.54. The zero-order valence-electron chi connectivity index (χ0n) is 15.9. The predicted molar refractivity (Wildman–Crippen MR) is 99.2 cm³/mol. The lowest BCUT2D eigenvalue weighted by atomic mass is 9.85. The molecule has 2 N–H and O–H groups in total. The van der Waals surface area contributed by atoms with Gasteiger partial charge in [0.1, 0.15) is 5.78 Å². The topological polar surface area (TPSA) is 58.2 Å². The number of hydrogen-bond donors (Lipinski definition) is 2. The van der Waals surface area contributed by atoms with Crippen LogP contribution >= 0.6 is 0 Å². The molecule has 1 rings (SSSR count). The summed E-state index contributed by atoms with van der Waals surface area (Å²) < 4.78 is 0. The van der Waals surface area contributed by atoms with Gasteiger partial charge in [-0.25, -0.2) is 0 Å². The summed E-state index contributed by atoms with van der Waals surface area (Å²) in [4.78, 5) is 24.9. The van der Waals surface area contributed by atoms with Crippen LogP contribution in [0, 0.1) is 5.92 Å². The molecule has 2 unspecified atom stereocenters. The van der Waals surface area contributed by atoms with E-state index in [1.165, 1.54) is 0 Å². The van der Waals surface area contributed by atoms with Gasteiger partial charge in [-0.05, 0) is 52.1 Å². The van der Waals surface area contributed by atoms with Crippen molar-refractivity contribution >= 4 is 11.6 Å². The van der Waals surface area contributed by atoms with Crippen molar-refractivity contribution in [1.82, 2.24) is 10.6 Å². The molecule has 0 saturated heterocycles. The molecule has 4 heteroatoms. The summed E-state index contributed by atoms with van der Waals surface area (Å²) >= 11 is 0. The van der Waals surface area contributed by atoms with Crippen molar-refractivity contribution in [2.45, 2.75) is 58.5 Å². The van der Waals surface area contributed by atoms with E-state index in [0.717, 1.165) is 5.56 Å². The Kier molecular flexibility index (Phi) is 7.30. The lowest BCUT2D eigenvalue weighted by Crippen LogP contribution is -2.57. The van der Waals surface area contributed by atoms with Crippen molar-refractivity contribution in [1.29, 1.82) is 0 Å². The molecule has 134 valence electrons. The van der Waals surface area contributed by atoms with Crippen LogP contribution in [0.1, 0.15) is 46.6 Å². The second-order valence-electron chi connectivity index (χ2n) is 7.51. The van der Waals surface area contributed by atoms with Crippen LogP contribution in [0.2, 0.25) is 0 Å². The predicted octanol–water partition coefficient (Wildman–Crippen LogP) is 2.76. The van der Waals surface area contributed by atoms with Crippen molar-refractivity contribution in [2.75, 3.05) is 13.6 Å². The molecule has 4 nitrogen and oxygen atoms in total. The number of carbonyl (C=O) groups excluding carboxylic acids is 2. The third kappa shape index (κ3) is 5.53. The second-order valence-corrected chi connectivity index (χ2v) is 7.51. The van der Waals surface area contributed by atoms with Crippen LogP contribution in [0.15, 0.2) is 30.3 Å². The Balaban J connectivity index is 2.81. The first-order chi connectivity index (χ1) is 11.1. The number of hydrogen-bond acceptors (Lipinski definition) is 4. The smallest absolute Gasteiger partial charge is 0.166 e. The number of nitrogens with one attached hydrogen (secondary N) is 2. The van der Waals surface area contributed by atoms with Crippen molar-refractivity contribution in [3.05, 3.63) is 35.9 Å². The minimum atomic E-state index is -0.663. The van der Waals surface area contributed by atoms with Crippen molar-refractivity contribution in [2.24, 2.45) is 5.92 Å². The summed E-state index contributed by atoms with van der Waals surface area (Å²) in [5.74, 6) is 0.504.